The van der Waals surface area contributed by atoms with E-state index in [1.807, 2.05) is 12.3 Å². The molecule has 2 aromatic rings. The summed E-state index contributed by atoms with van der Waals surface area (Å²) in [4.78, 5) is 27.1. The second-order valence-electron chi connectivity index (χ2n) is 3.81. The number of nitrogens with two attached hydrogens (primary N) is 2. The van der Waals surface area contributed by atoms with E-state index in [0.29, 0.717) is 10.2 Å². The monoisotopic (exact) mass is 252 g/mol. The van der Waals surface area contributed by atoms with Gasteiger partial charge in [0.05, 0.1) is 18.4 Å². The van der Waals surface area contributed by atoms with E-state index in [1.165, 1.54) is 22.2 Å². The number of hydrogen-bond donors (Lipinski definition) is 2. The van der Waals surface area contributed by atoms with Crippen LogP contribution in [0.25, 0.3) is 10.2 Å². The van der Waals surface area contributed by atoms with E-state index in [0.717, 1.165) is 5.56 Å². The van der Waals surface area contributed by atoms with Gasteiger partial charge >= 0.3 is 0 Å². The van der Waals surface area contributed by atoms with Gasteiger partial charge in [0.25, 0.3) is 5.56 Å². The van der Waals surface area contributed by atoms with Gasteiger partial charge in [-0.25, -0.2) is 4.98 Å². The molecule has 0 radical (unpaired) electrons. The molecule has 7 heteroatoms. The first-order valence-corrected chi connectivity index (χ1v) is 5.87. The molecule has 0 aromatic carbocycles. The third-order valence-corrected chi connectivity index (χ3v) is 3.56. The molecule has 2 aromatic heterocycles. The van der Waals surface area contributed by atoms with Gasteiger partial charge in [-0.15, -0.1) is 11.3 Å². The van der Waals surface area contributed by atoms with Gasteiger partial charge in [0.15, 0.2) is 0 Å². The number of aryl methyl sites for hydroxylation is 1. The first-order chi connectivity index (χ1) is 8.00. The van der Waals surface area contributed by atoms with Crippen LogP contribution in [-0.2, 0) is 11.3 Å². The van der Waals surface area contributed by atoms with E-state index in [1.54, 1.807) is 0 Å². The summed E-state index contributed by atoms with van der Waals surface area (Å²) in [5.41, 5.74) is 12.0. The Morgan fingerprint density at radius 3 is 3.00 bits per heavy atom. The number of hydrogen-bond acceptors (Lipinski definition) is 5. The second kappa shape index (κ2) is 4.27. The predicted molar refractivity (Wildman–Crippen MR) is 65.8 cm³/mol. The van der Waals surface area contributed by atoms with Crippen molar-refractivity contribution in [2.45, 2.75) is 19.5 Å². The Kier molecular flexibility index (Phi) is 2.95. The van der Waals surface area contributed by atoms with Crippen molar-refractivity contribution < 1.29 is 4.79 Å². The quantitative estimate of drug-likeness (QED) is 0.774. The van der Waals surface area contributed by atoms with Gasteiger partial charge in [0, 0.05) is 0 Å². The van der Waals surface area contributed by atoms with Crippen LogP contribution in [0.15, 0.2) is 16.5 Å². The number of primary amides is 1. The zero-order valence-corrected chi connectivity index (χ0v) is 10.0. The number of carbonyl (C=O) groups is 1. The van der Waals surface area contributed by atoms with Crippen molar-refractivity contribution >= 4 is 27.5 Å². The molecule has 1 amide bonds. The third-order valence-electron chi connectivity index (χ3n) is 2.48. The highest BCUT2D eigenvalue weighted by atomic mass is 32.1. The average molecular weight is 252 g/mol. The van der Waals surface area contributed by atoms with E-state index in [9.17, 15) is 9.59 Å². The highest BCUT2D eigenvalue weighted by Crippen LogP contribution is 2.19. The zero-order valence-electron chi connectivity index (χ0n) is 9.21. The van der Waals surface area contributed by atoms with E-state index in [4.69, 9.17) is 11.5 Å². The molecule has 4 N–H and O–H groups in total. The van der Waals surface area contributed by atoms with Crippen LogP contribution in [0, 0.1) is 6.92 Å². The number of amides is 1. The Morgan fingerprint density at radius 1 is 1.65 bits per heavy atom. The van der Waals surface area contributed by atoms with Gasteiger partial charge in [-0.1, -0.05) is 0 Å². The number of carbonyl (C=O) groups excluding carboxylic acids is 1. The fraction of sp³-hybridized carbons (Fsp3) is 0.300. The molecule has 90 valence electrons. The summed E-state index contributed by atoms with van der Waals surface area (Å²) in [7, 11) is 0. The standard InChI is InChI=1S/C10H12N4O2S/c1-5-3-17-8-7(5)13-4-14(10(8)16)2-6(11)9(12)15/h3-4,6H,2,11H2,1H3,(H2,12,15). The first-order valence-electron chi connectivity index (χ1n) is 4.99. The maximum absolute atomic E-state index is 12.0. The summed E-state index contributed by atoms with van der Waals surface area (Å²) in [6.45, 7) is 1.94. The second-order valence-corrected chi connectivity index (χ2v) is 4.69. The molecule has 0 bridgehead atoms. The lowest BCUT2D eigenvalue weighted by Crippen LogP contribution is -2.42. The van der Waals surface area contributed by atoms with Crippen LogP contribution in [0.5, 0.6) is 0 Å². The summed E-state index contributed by atoms with van der Waals surface area (Å²) in [5, 5.41) is 1.87. The molecular formula is C10H12N4O2S. The molecule has 0 aliphatic rings. The van der Waals surface area contributed by atoms with Crippen molar-refractivity contribution in [3.05, 3.63) is 27.6 Å². The van der Waals surface area contributed by atoms with Crippen LogP contribution >= 0.6 is 11.3 Å². The highest BCUT2D eigenvalue weighted by Gasteiger charge is 2.13. The topological polar surface area (TPSA) is 104 Å². The number of rotatable bonds is 3. The van der Waals surface area contributed by atoms with Crippen molar-refractivity contribution in [3.8, 4) is 0 Å². The molecule has 6 nitrogen and oxygen atoms in total. The van der Waals surface area contributed by atoms with Gasteiger partial charge in [0.2, 0.25) is 5.91 Å². The first kappa shape index (κ1) is 11.7. The van der Waals surface area contributed by atoms with Crippen LogP contribution in [0.1, 0.15) is 5.56 Å². The van der Waals surface area contributed by atoms with Gasteiger partial charge in [-0.05, 0) is 17.9 Å². The Balaban J connectivity index is 2.46. The molecule has 17 heavy (non-hydrogen) atoms. The zero-order chi connectivity index (χ0) is 12.6. The van der Waals surface area contributed by atoms with Crippen molar-refractivity contribution in [2.24, 2.45) is 11.5 Å². The Hall–Kier alpha value is -1.73. The summed E-state index contributed by atoms with van der Waals surface area (Å²) < 4.78 is 1.88. The predicted octanol–water partition coefficient (Wildman–Crippen LogP) is -0.421. The fourth-order valence-corrected chi connectivity index (χ4v) is 2.44. The number of aromatic nitrogens is 2. The maximum atomic E-state index is 12.0. The highest BCUT2D eigenvalue weighted by molar-refractivity contribution is 7.17. The van der Waals surface area contributed by atoms with Crippen LogP contribution in [0.4, 0.5) is 0 Å². The number of fused-ring (bicyclic) bond motifs is 1. The van der Waals surface area contributed by atoms with Gasteiger partial charge in [-0.2, -0.15) is 0 Å². The third kappa shape index (κ3) is 2.06. The van der Waals surface area contributed by atoms with Gasteiger partial charge in [0.1, 0.15) is 10.7 Å². The minimum atomic E-state index is -0.881. The van der Waals surface area contributed by atoms with E-state index in [-0.39, 0.29) is 12.1 Å². The Bertz CT molecular complexity index is 631. The largest absolute Gasteiger partial charge is 0.368 e. The lowest BCUT2D eigenvalue weighted by Gasteiger charge is -2.09. The molecular weight excluding hydrogens is 240 g/mol. The normalized spacial score (nSPS) is 12.8. The molecule has 1 atom stereocenters. The molecule has 1 unspecified atom stereocenters. The van der Waals surface area contributed by atoms with E-state index in [2.05, 4.69) is 4.98 Å². The smallest absolute Gasteiger partial charge is 0.271 e. The molecule has 2 rings (SSSR count). The molecule has 2 heterocycles. The molecule has 0 spiro atoms. The van der Waals surface area contributed by atoms with Gasteiger partial charge < -0.3 is 11.5 Å². The lowest BCUT2D eigenvalue weighted by molar-refractivity contribution is -0.119. The van der Waals surface area contributed by atoms with Crippen LogP contribution in [0.2, 0.25) is 0 Å². The molecule has 0 aliphatic heterocycles. The minimum absolute atomic E-state index is 0.0497. The Labute approximate surface area is 101 Å². The van der Waals surface area contributed by atoms with Crippen molar-refractivity contribution in [3.63, 3.8) is 0 Å². The van der Waals surface area contributed by atoms with Crippen molar-refractivity contribution in [1.82, 2.24) is 9.55 Å². The Morgan fingerprint density at radius 2 is 2.35 bits per heavy atom. The van der Waals surface area contributed by atoms with E-state index < -0.39 is 11.9 Å². The summed E-state index contributed by atoms with van der Waals surface area (Å²) in [6.07, 6.45) is 1.40. The SMILES string of the molecule is Cc1csc2c(=O)n(CC(N)C(N)=O)cnc12. The van der Waals surface area contributed by atoms with E-state index >= 15 is 0 Å². The fourth-order valence-electron chi connectivity index (χ4n) is 1.49. The number of thiophene rings is 1. The average Bonchev–Trinajstić information content (AvgIpc) is 2.65. The van der Waals surface area contributed by atoms with Crippen molar-refractivity contribution in [2.75, 3.05) is 0 Å². The summed E-state index contributed by atoms with van der Waals surface area (Å²) in [6, 6.07) is -0.881. The minimum Gasteiger partial charge on any atom is -0.368 e. The molecule has 0 aliphatic carbocycles. The van der Waals surface area contributed by atoms with Gasteiger partial charge in [-0.3, -0.25) is 14.2 Å². The molecule has 0 saturated carbocycles. The maximum Gasteiger partial charge on any atom is 0.271 e. The van der Waals surface area contributed by atoms with Crippen LogP contribution in [0.3, 0.4) is 0 Å². The summed E-state index contributed by atoms with van der Waals surface area (Å²) >= 11 is 1.34. The summed E-state index contributed by atoms with van der Waals surface area (Å²) in [5.74, 6) is -0.639. The number of nitrogens with zero attached hydrogens (tertiary/aromatic N) is 2. The van der Waals surface area contributed by atoms with Crippen LogP contribution < -0.4 is 17.0 Å². The molecule has 0 saturated heterocycles. The molecule has 0 fully saturated rings. The lowest BCUT2D eigenvalue weighted by atomic mass is 10.3. The van der Waals surface area contributed by atoms with Crippen molar-refractivity contribution in [1.29, 1.82) is 0 Å². The van der Waals surface area contributed by atoms with Crippen LogP contribution in [-0.4, -0.2) is 21.5 Å².